The summed E-state index contributed by atoms with van der Waals surface area (Å²) in [5.74, 6) is 1.64. The fourth-order valence-corrected chi connectivity index (χ4v) is 4.54. The molecule has 0 aromatic heterocycles. The van der Waals surface area contributed by atoms with E-state index in [-0.39, 0.29) is 48.1 Å². The van der Waals surface area contributed by atoms with Crippen LogP contribution in [0.3, 0.4) is 0 Å². The Kier molecular flexibility index (Phi) is 13.9. The van der Waals surface area contributed by atoms with Crippen LogP contribution in [0.5, 0.6) is 11.5 Å². The Morgan fingerprint density at radius 3 is 1.18 bits per heavy atom. The number of rotatable bonds is 23. The average Bonchev–Trinajstić information content (AvgIpc) is 3.98. The third kappa shape index (κ3) is 13.2. The lowest BCUT2D eigenvalue weighted by atomic mass is 9.78. The van der Waals surface area contributed by atoms with Crippen LogP contribution in [0.4, 0.5) is 0 Å². The second-order valence-electron chi connectivity index (χ2n) is 12.9. The van der Waals surface area contributed by atoms with Crippen molar-refractivity contribution >= 4 is 0 Å². The third-order valence-electron chi connectivity index (χ3n) is 7.91. The van der Waals surface area contributed by atoms with Gasteiger partial charge in [0, 0.05) is 5.41 Å². The highest BCUT2D eigenvalue weighted by Crippen LogP contribution is 2.33. The van der Waals surface area contributed by atoms with Gasteiger partial charge in [0.1, 0.15) is 36.9 Å². The van der Waals surface area contributed by atoms with Gasteiger partial charge >= 0.3 is 0 Å². The van der Waals surface area contributed by atoms with Crippen LogP contribution < -0.4 is 9.47 Å². The van der Waals surface area contributed by atoms with Crippen LogP contribution in [0, 0.1) is 0 Å². The molecule has 2 aliphatic heterocycles. The Balaban J connectivity index is 1.12. The van der Waals surface area contributed by atoms with Gasteiger partial charge in [-0.15, -0.1) is 0 Å². The van der Waals surface area contributed by atoms with Crippen molar-refractivity contribution in [2.75, 3.05) is 59.5 Å². The number of hydrogen-bond acceptors (Lipinski definition) is 9. The fraction of sp³-hybridized carbons (Fsp3) is 0.667. The quantitative estimate of drug-likeness (QED) is 0.146. The standard InChI is InChI=1S/C36H54O9/c1-25(37-17-26(2)40-21-34-23-44-34)16-38-28(4)19-42-32-12-8-30(9-13-32)36(6,7)31-10-14-33(15-11-31)43-20-29(5)39-18-27(3)41-22-35-24-45-35/h8-15,25-29,34-35H,16-24H2,1-7H3. The van der Waals surface area contributed by atoms with Gasteiger partial charge < -0.3 is 42.6 Å². The molecule has 252 valence electrons. The van der Waals surface area contributed by atoms with E-state index in [0.717, 1.165) is 24.7 Å². The second-order valence-corrected chi connectivity index (χ2v) is 12.9. The first-order chi connectivity index (χ1) is 21.6. The van der Waals surface area contributed by atoms with Gasteiger partial charge in [-0.05, 0) is 70.0 Å². The smallest absolute Gasteiger partial charge is 0.119 e. The molecule has 2 aromatic carbocycles. The Morgan fingerprint density at radius 2 is 0.844 bits per heavy atom. The zero-order valence-electron chi connectivity index (χ0n) is 28.2. The molecule has 7 unspecified atom stereocenters. The van der Waals surface area contributed by atoms with Crippen LogP contribution in [0.25, 0.3) is 0 Å². The predicted molar refractivity (Wildman–Crippen MR) is 173 cm³/mol. The summed E-state index contributed by atoms with van der Waals surface area (Å²) >= 11 is 0. The van der Waals surface area contributed by atoms with Crippen molar-refractivity contribution in [3.05, 3.63) is 59.7 Å². The van der Waals surface area contributed by atoms with Gasteiger partial charge in [0.2, 0.25) is 0 Å². The summed E-state index contributed by atoms with van der Waals surface area (Å²) in [5, 5.41) is 0. The van der Waals surface area contributed by atoms with Crippen molar-refractivity contribution in [3.63, 3.8) is 0 Å². The highest BCUT2D eigenvalue weighted by molar-refractivity contribution is 5.41. The zero-order chi connectivity index (χ0) is 32.2. The largest absolute Gasteiger partial charge is 0.491 e. The van der Waals surface area contributed by atoms with Gasteiger partial charge in [0.25, 0.3) is 0 Å². The van der Waals surface area contributed by atoms with Gasteiger partial charge in [0.15, 0.2) is 0 Å². The van der Waals surface area contributed by atoms with Crippen molar-refractivity contribution in [2.45, 2.75) is 96.6 Å². The Hall–Kier alpha value is -2.24. The summed E-state index contributed by atoms with van der Waals surface area (Å²) in [6, 6.07) is 16.6. The molecule has 9 heteroatoms. The monoisotopic (exact) mass is 630 g/mol. The van der Waals surface area contributed by atoms with Crippen molar-refractivity contribution in [1.29, 1.82) is 0 Å². The van der Waals surface area contributed by atoms with E-state index in [1.807, 2.05) is 58.9 Å². The first kappa shape index (κ1) is 35.6. The Bertz CT molecular complexity index is 1100. The van der Waals surface area contributed by atoms with E-state index in [9.17, 15) is 0 Å². The van der Waals surface area contributed by atoms with Gasteiger partial charge in [-0.1, -0.05) is 38.1 Å². The van der Waals surface area contributed by atoms with E-state index >= 15 is 0 Å². The molecule has 4 rings (SSSR count). The molecule has 0 saturated carbocycles. The molecule has 0 spiro atoms. The molecule has 2 heterocycles. The van der Waals surface area contributed by atoms with E-state index in [4.69, 9.17) is 42.6 Å². The maximum Gasteiger partial charge on any atom is 0.119 e. The van der Waals surface area contributed by atoms with E-state index in [1.54, 1.807) is 0 Å². The van der Waals surface area contributed by atoms with E-state index < -0.39 is 0 Å². The molecule has 0 radical (unpaired) electrons. The SMILES string of the molecule is CC(COc1ccc(C(C)(C)c2ccc(OCC(C)OCC(C)OCC3CO3)cc2)cc1)OCC(C)OCC(C)OCC1CO1. The molecule has 2 aromatic rings. The zero-order valence-corrected chi connectivity index (χ0v) is 28.2. The lowest BCUT2D eigenvalue weighted by Gasteiger charge is -2.27. The maximum absolute atomic E-state index is 6.01. The molecule has 2 aliphatic rings. The third-order valence-corrected chi connectivity index (χ3v) is 7.91. The molecule has 0 aliphatic carbocycles. The molecular weight excluding hydrogens is 576 g/mol. The normalized spacial score (nSPS) is 21.0. The summed E-state index contributed by atoms with van der Waals surface area (Å²) in [7, 11) is 0. The topological polar surface area (TPSA) is 89.7 Å². The van der Waals surface area contributed by atoms with Gasteiger partial charge in [-0.3, -0.25) is 0 Å². The van der Waals surface area contributed by atoms with Crippen LogP contribution >= 0.6 is 0 Å². The van der Waals surface area contributed by atoms with Crippen molar-refractivity contribution < 1.29 is 42.6 Å². The number of hydrogen-bond donors (Lipinski definition) is 0. The van der Waals surface area contributed by atoms with E-state index in [1.165, 1.54) is 11.1 Å². The molecule has 9 nitrogen and oxygen atoms in total. The minimum atomic E-state index is -0.185. The summed E-state index contributed by atoms with van der Waals surface area (Å²) in [4.78, 5) is 0. The molecular formula is C36H54O9. The molecule has 2 saturated heterocycles. The van der Waals surface area contributed by atoms with Crippen LogP contribution in [-0.2, 0) is 38.6 Å². The molecule has 45 heavy (non-hydrogen) atoms. The van der Waals surface area contributed by atoms with Gasteiger partial charge in [-0.25, -0.2) is 0 Å². The van der Waals surface area contributed by atoms with Crippen LogP contribution in [0.1, 0.15) is 59.6 Å². The van der Waals surface area contributed by atoms with Crippen molar-refractivity contribution in [1.82, 2.24) is 0 Å². The van der Waals surface area contributed by atoms with Gasteiger partial charge in [0.05, 0.1) is 76.8 Å². The number of epoxide rings is 2. The molecule has 0 N–H and O–H groups in total. The molecule has 7 atom stereocenters. The van der Waals surface area contributed by atoms with E-state index in [2.05, 4.69) is 38.1 Å². The molecule has 0 bridgehead atoms. The predicted octanol–water partition coefficient (Wildman–Crippen LogP) is 5.59. The minimum Gasteiger partial charge on any atom is -0.491 e. The minimum absolute atomic E-state index is 0.0256. The van der Waals surface area contributed by atoms with Crippen LogP contribution in [0.2, 0.25) is 0 Å². The maximum atomic E-state index is 6.01. The molecule has 2 fully saturated rings. The number of benzene rings is 2. The summed E-state index contributed by atoms with van der Waals surface area (Å²) in [5.41, 5.74) is 2.22. The summed E-state index contributed by atoms with van der Waals surface area (Å²) < 4.78 is 51.4. The Labute approximate surface area is 269 Å². The van der Waals surface area contributed by atoms with Gasteiger partial charge in [-0.2, -0.15) is 0 Å². The highest BCUT2D eigenvalue weighted by atomic mass is 16.6. The summed E-state index contributed by atoms with van der Waals surface area (Å²) in [6.45, 7) is 19.9. The highest BCUT2D eigenvalue weighted by Gasteiger charge is 2.25. The van der Waals surface area contributed by atoms with Crippen LogP contribution in [0.15, 0.2) is 48.5 Å². The van der Waals surface area contributed by atoms with Crippen molar-refractivity contribution in [3.8, 4) is 11.5 Å². The lowest BCUT2D eigenvalue weighted by Crippen LogP contribution is -2.27. The van der Waals surface area contributed by atoms with E-state index in [0.29, 0.717) is 46.2 Å². The summed E-state index contributed by atoms with van der Waals surface area (Å²) in [6.07, 6.45) is 0.475. The number of ether oxygens (including phenoxy) is 9. The second kappa shape index (κ2) is 17.6. The Morgan fingerprint density at radius 1 is 0.533 bits per heavy atom. The average molecular weight is 631 g/mol. The van der Waals surface area contributed by atoms with Crippen molar-refractivity contribution in [2.24, 2.45) is 0 Å². The fourth-order valence-electron chi connectivity index (χ4n) is 4.54. The molecule has 0 amide bonds. The lowest BCUT2D eigenvalue weighted by molar-refractivity contribution is -0.0741. The first-order valence-electron chi connectivity index (χ1n) is 16.4. The first-order valence-corrected chi connectivity index (χ1v) is 16.4. The van der Waals surface area contributed by atoms with Crippen LogP contribution in [-0.4, -0.2) is 102 Å².